The van der Waals surface area contributed by atoms with E-state index in [0.29, 0.717) is 11.8 Å². The van der Waals surface area contributed by atoms with Gasteiger partial charge in [0.1, 0.15) is 5.69 Å². The predicted octanol–water partition coefficient (Wildman–Crippen LogP) is 0.274. The van der Waals surface area contributed by atoms with Crippen LogP contribution in [0.3, 0.4) is 0 Å². The maximum Gasteiger partial charge on any atom is 0.272 e. The van der Waals surface area contributed by atoms with Crippen LogP contribution in [-0.2, 0) is 13.5 Å². The number of aromatic nitrogens is 2. The Labute approximate surface area is 107 Å². The third kappa shape index (κ3) is 1.82. The highest BCUT2D eigenvalue weighted by Gasteiger charge is 2.38. The number of aryl methyl sites for hydroxylation is 2. The van der Waals surface area contributed by atoms with Crippen molar-refractivity contribution < 1.29 is 4.79 Å². The van der Waals surface area contributed by atoms with Gasteiger partial charge in [0.25, 0.3) is 5.91 Å². The molecule has 2 fully saturated rings. The highest BCUT2D eigenvalue weighted by molar-refractivity contribution is 5.93. The maximum absolute atomic E-state index is 12.5. The smallest absolute Gasteiger partial charge is 0.272 e. The van der Waals surface area contributed by atoms with Gasteiger partial charge in [-0.1, -0.05) is 6.92 Å². The summed E-state index contributed by atoms with van der Waals surface area (Å²) < 4.78 is 1.72. The summed E-state index contributed by atoms with van der Waals surface area (Å²) in [5.41, 5.74) is 1.71. The van der Waals surface area contributed by atoms with Gasteiger partial charge < -0.3 is 10.2 Å². The summed E-state index contributed by atoms with van der Waals surface area (Å²) in [6.07, 6.45) is 0.871. The Hall–Kier alpha value is -1.36. The van der Waals surface area contributed by atoms with E-state index in [1.807, 2.05) is 18.0 Å². The summed E-state index contributed by atoms with van der Waals surface area (Å²) in [5, 5.41) is 7.74. The van der Waals surface area contributed by atoms with Gasteiger partial charge in [-0.25, -0.2) is 0 Å². The minimum absolute atomic E-state index is 0.138. The molecular weight excluding hydrogens is 228 g/mol. The molecule has 0 aliphatic carbocycles. The Morgan fingerprint density at radius 2 is 2.11 bits per heavy atom. The molecule has 3 heterocycles. The monoisotopic (exact) mass is 248 g/mol. The number of nitrogens with one attached hydrogen (secondary N) is 1. The minimum Gasteiger partial charge on any atom is -0.337 e. The van der Waals surface area contributed by atoms with Crippen LogP contribution in [0.1, 0.15) is 23.1 Å². The fraction of sp³-hybridized carbons (Fsp3) is 0.692. The average Bonchev–Trinajstić information content (AvgIpc) is 3.00. The molecular formula is C13H20N4O. The number of fused-ring (bicyclic) bond motifs is 1. The molecule has 98 valence electrons. The number of likely N-dealkylation sites (tertiary alicyclic amines) is 1. The summed E-state index contributed by atoms with van der Waals surface area (Å²) >= 11 is 0. The lowest BCUT2D eigenvalue weighted by molar-refractivity contribution is 0.0771. The number of carbonyl (C=O) groups is 1. The maximum atomic E-state index is 12.5. The molecule has 0 spiro atoms. The Balaban J connectivity index is 1.76. The van der Waals surface area contributed by atoms with Gasteiger partial charge in [-0.15, -0.1) is 0 Å². The lowest BCUT2D eigenvalue weighted by Gasteiger charge is -2.17. The van der Waals surface area contributed by atoms with E-state index >= 15 is 0 Å². The lowest BCUT2D eigenvalue weighted by Crippen LogP contribution is -2.33. The van der Waals surface area contributed by atoms with Crippen molar-refractivity contribution in [2.45, 2.75) is 13.3 Å². The number of amides is 1. The van der Waals surface area contributed by atoms with E-state index in [2.05, 4.69) is 17.3 Å². The highest BCUT2D eigenvalue weighted by Crippen LogP contribution is 2.27. The SMILES string of the molecule is CCc1cc(C(=O)N2CC3CNCC3C2)n(C)n1. The second-order valence-electron chi connectivity index (χ2n) is 5.39. The van der Waals surface area contributed by atoms with E-state index in [9.17, 15) is 4.79 Å². The number of nitrogens with zero attached hydrogens (tertiary/aromatic N) is 3. The van der Waals surface area contributed by atoms with Crippen LogP contribution in [0.2, 0.25) is 0 Å². The molecule has 0 saturated carbocycles. The van der Waals surface area contributed by atoms with E-state index in [1.54, 1.807) is 4.68 Å². The summed E-state index contributed by atoms with van der Waals surface area (Å²) in [5.74, 6) is 1.43. The Kier molecular flexibility index (Phi) is 2.86. The van der Waals surface area contributed by atoms with Gasteiger partial charge in [-0.05, 0) is 24.3 Å². The highest BCUT2D eigenvalue weighted by atomic mass is 16.2. The molecule has 2 aliphatic heterocycles. The normalized spacial score (nSPS) is 26.7. The zero-order valence-corrected chi connectivity index (χ0v) is 11.0. The summed E-state index contributed by atoms with van der Waals surface area (Å²) in [6.45, 7) is 5.95. The average molecular weight is 248 g/mol. The van der Waals surface area contributed by atoms with Gasteiger partial charge in [-0.2, -0.15) is 5.10 Å². The number of rotatable bonds is 2. The molecule has 1 aromatic rings. The van der Waals surface area contributed by atoms with Crippen LogP contribution >= 0.6 is 0 Å². The Morgan fingerprint density at radius 1 is 1.44 bits per heavy atom. The van der Waals surface area contributed by atoms with E-state index in [0.717, 1.165) is 44.0 Å². The minimum atomic E-state index is 0.138. The van der Waals surface area contributed by atoms with Crippen molar-refractivity contribution in [3.8, 4) is 0 Å². The standard InChI is InChI=1S/C13H20N4O/c1-3-11-4-12(16(2)15-11)13(18)17-7-9-5-14-6-10(9)8-17/h4,9-10,14H,3,5-8H2,1-2H3. The molecule has 5 nitrogen and oxygen atoms in total. The van der Waals surface area contributed by atoms with Gasteiger partial charge >= 0.3 is 0 Å². The summed E-state index contributed by atoms with van der Waals surface area (Å²) in [6, 6.07) is 1.93. The molecule has 1 N–H and O–H groups in total. The van der Waals surface area contributed by atoms with Crippen LogP contribution in [0.25, 0.3) is 0 Å². The second-order valence-corrected chi connectivity index (χ2v) is 5.39. The third-order valence-corrected chi connectivity index (χ3v) is 4.19. The molecule has 2 saturated heterocycles. The zero-order valence-electron chi connectivity index (χ0n) is 11.0. The molecule has 2 atom stereocenters. The van der Waals surface area contributed by atoms with Crippen molar-refractivity contribution >= 4 is 5.91 Å². The van der Waals surface area contributed by atoms with E-state index in [4.69, 9.17) is 0 Å². The third-order valence-electron chi connectivity index (χ3n) is 4.19. The molecule has 2 unspecified atom stereocenters. The van der Waals surface area contributed by atoms with E-state index in [1.165, 1.54) is 0 Å². The molecule has 2 aliphatic rings. The predicted molar refractivity (Wildman–Crippen MR) is 68.3 cm³/mol. The van der Waals surface area contributed by atoms with Gasteiger partial charge in [0.05, 0.1) is 5.69 Å². The molecule has 1 amide bonds. The summed E-state index contributed by atoms with van der Waals surface area (Å²) in [4.78, 5) is 14.5. The molecule has 1 aromatic heterocycles. The van der Waals surface area contributed by atoms with Gasteiger partial charge in [0, 0.05) is 33.2 Å². The molecule has 0 bridgehead atoms. The molecule has 5 heteroatoms. The quantitative estimate of drug-likeness (QED) is 0.817. The first kappa shape index (κ1) is 11.7. The van der Waals surface area contributed by atoms with Gasteiger partial charge in [0.15, 0.2) is 0 Å². The van der Waals surface area contributed by atoms with E-state index < -0.39 is 0 Å². The van der Waals surface area contributed by atoms with Crippen LogP contribution in [-0.4, -0.2) is 46.8 Å². The van der Waals surface area contributed by atoms with Crippen molar-refractivity contribution in [2.24, 2.45) is 18.9 Å². The fourth-order valence-corrected chi connectivity index (χ4v) is 3.08. The number of carbonyl (C=O) groups excluding carboxylic acids is 1. The van der Waals surface area contributed by atoms with Crippen LogP contribution in [0.15, 0.2) is 6.07 Å². The van der Waals surface area contributed by atoms with Crippen molar-refractivity contribution in [1.29, 1.82) is 0 Å². The lowest BCUT2D eigenvalue weighted by atomic mass is 10.0. The molecule has 0 aromatic carbocycles. The Morgan fingerprint density at radius 3 is 2.67 bits per heavy atom. The number of hydrogen-bond donors (Lipinski definition) is 1. The number of hydrogen-bond acceptors (Lipinski definition) is 3. The van der Waals surface area contributed by atoms with Gasteiger partial charge in [-0.3, -0.25) is 9.48 Å². The largest absolute Gasteiger partial charge is 0.337 e. The van der Waals surface area contributed by atoms with Crippen LogP contribution in [0.4, 0.5) is 0 Å². The van der Waals surface area contributed by atoms with E-state index in [-0.39, 0.29) is 5.91 Å². The fourth-order valence-electron chi connectivity index (χ4n) is 3.08. The van der Waals surface area contributed by atoms with Crippen molar-refractivity contribution in [1.82, 2.24) is 20.0 Å². The van der Waals surface area contributed by atoms with Gasteiger partial charge in [0.2, 0.25) is 0 Å². The topological polar surface area (TPSA) is 50.2 Å². The first-order valence-corrected chi connectivity index (χ1v) is 6.72. The van der Waals surface area contributed by atoms with Crippen molar-refractivity contribution in [3.05, 3.63) is 17.5 Å². The van der Waals surface area contributed by atoms with Crippen LogP contribution < -0.4 is 5.32 Å². The zero-order chi connectivity index (χ0) is 12.7. The van der Waals surface area contributed by atoms with Crippen molar-refractivity contribution in [2.75, 3.05) is 26.2 Å². The first-order chi connectivity index (χ1) is 8.69. The molecule has 0 radical (unpaired) electrons. The molecule has 3 rings (SSSR count). The molecule has 18 heavy (non-hydrogen) atoms. The Bertz CT molecular complexity index is 456. The first-order valence-electron chi connectivity index (χ1n) is 6.72. The summed E-state index contributed by atoms with van der Waals surface area (Å²) in [7, 11) is 1.85. The van der Waals surface area contributed by atoms with Crippen LogP contribution in [0, 0.1) is 11.8 Å². The van der Waals surface area contributed by atoms with Crippen LogP contribution in [0.5, 0.6) is 0 Å². The second kappa shape index (κ2) is 4.39. The van der Waals surface area contributed by atoms with Crippen molar-refractivity contribution in [3.63, 3.8) is 0 Å².